The molecule has 0 aliphatic carbocycles. The minimum absolute atomic E-state index is 0.536. The van der Waals surface area contributed by atoms with E-state index in [1.165, 1.54) is 24.1 Å². The summed E-state index contributed by atoms with van der Waals surface area (Å²) in [5.41, 5.74) is 2.55. The number of nitrogens with one attached hydrogen (secondary N) is 1. The van der Waals surface area contributed by atoms with E-state index in [4.69, 9.17) is 11.6 Å². The van der Waals surface area contributed by atoms with E-state index in [1.807, 2.05) is 6.07 Å². The predicted octanol–water partition coefficient (Wildman–Crippen LogP) is 4.07. The number of hydrogen-bond donors (Lipinski definition) is 1. The number of anilines is 1. The molecule has 1 aromatic carbocycles. The summed E-state index contributed by atoms with van der Waals surface area (Å²) in [5.74, 6) is 0. The number of halogens is 1. The van der Waals surface area contributed by atoms with Crippen molar-refractivity contribution < 1.29 is 0 Å². The van der Waals surface area contributed by atoms with Gasteiger partial charge >= 0.3 is 0 Å². The highest BCUT2D eigenvalue weighted by Crippen LogP contribution is 2.26. The fourth-order valence-electron chi connectivity index (χ4n) is 2.12. The normalized spacial score (nSPS) is 12.5. The molecule has 0 aromatic heterocycles. The second-order valence-electron chi connectivity index (χ2n) is 4.80. The second-order valence-corrected chi connectivity index (χ2v) is 5.24. The van der Waals surface area contributed by atoms with Crippen molar-refractivity contribution in [2.24, 2.45) is 0 Å². The molecule has 2 nitrogen and oxygen atoms in total. The first-order chi connectivity index (χ1) is 8.60. The van der Waals surface area contributed by atoms with Crippen molar-refractivity contribution in [1.82, 2.24) is 5.32 Å². The molecular formula is C15H25ClN2. The van der Waals surface area contributed by atoms with Crippen LogP contribution in [-0.2, 0) is 6.54 Å². The molecule has 18 heavy (non-hydrogen) atoms. The number of rotatable bonds is 7. The van der Waals surface area contributed by atoms with E-state index in [9.17, 15) is 0 Å². The Labute approximate surface area is 116 Å². The summed E-state index contributed by atoms with van der Waals surface area (Å²) in [6, 6.07) is 6.69. The minimum Gasteiger partial charge on any atom is -0.372 e. The summed E-state index contributed by atoms with van der Waals surface area (Å²) >= 11 is 6.13. The van der Waals surface area contributed by atoms with E-state index < -0.39 is 0 Å². The van der Waals surface area contributed by atoms with Crippen LogP contribution in [-0.4, -0.2) is 19.6 Å². The molecule has 0 saturated carbocycles. The van der Waals surface area contributed by atoms with Crippen LogP contribution in [0.4, 0.5) is 5.69 Å². The third-order valence-corrected chi connectivity index (χ3v) is 3.60. The maximum atomic E-state index is 6.13. The lowest BCUT2D eigenvalue weighted by atomic mass is 10.1. The summed E-state index contributed by atoms with van der Waals surface area (Å²) in [4.78, 5) is 2.34. The lowest BCUT2D eigenvalue weighted by Crippen LogP contribution is -2.30. The van der Waals surface area contributed by atoms with Gasteiger partial charge in [-0.15, -0.1) is 0 Å². The SMILES string of the molecule is CCCC(C)N(C)c1cc(Cl)ccc1CNCC. The van der Waals surface area contributed by atoms with Crippen LogP contribution in [0, 0.1) is 0 Å². The van der Waals surface area contributed by atoms with Crippen molar-refractivity contribution in [1.29, 1.82) is 0 Å². The largest absolute Gasteiger partial charge is 0.372 e. The van der Waals surface area contributed by atoms with Crippen LogP contribution in [0.25, 0.3) is 0 Å². The Hall–Kier alpha value is -0.730. The van der Waals surface area contributed by atoms with Gasteiger partial charge in [-0.25, -0.2) is 0 Å². The van der Waals surface area contributed by atoms with E-state index in [-0.39, 0.29) is 0 Å². The summed E-state index contributed by atoms with van der Waals surface area (Å²) in [6.07, 6.45) is 2.40. The van der Waals surface area contributed by atoms with E-state index >= 15 is 0 Å². The maximum absolute atomic E-state index is 6.13. The zero-order valence-electron chi connectivity index (χ0n) is 12.0. The first-order valence-corrected chi connectivity index (χ1v) is 7.19. The number of nitrogens with zero attached hydrogens (tertiary/aromatic N) is 1. The zero-order chi connectivity index (χ0) is 13.5. The summed E-state index contributed by atoms with van der Waals surface area (Å²) in [5, 5.41) is 4.19. The second kappa shape index (κ2) is 7.65. The lowest BCUT2D eigenvalue weighted by Gasteiger charge is -2.29. The molecule has 102 valence electrons. The highest BCUT2D eigenvalue weighted by Gasteiger charge is 2.13. The van der Waals surface area contributed by atoms with Crippen molar-refractivity contribution in [2.75, 3.05) is 18.5 Å². The van der Waals surface area contributed by atoms with Gasteiger partial charge in [0.15, 0.2) is 0 Å². The summed E-state index contributed by atoms with van der Waals surface area (Å²) in [7, 11) is 2.15. The molecule has 0 saturated heterocycles. The quantitative estimate of drug-likeness (QED) is 0.802. The van der Waals surface area contributed by atoms with Crippen molar-refractivity contribution in [3.05, 3.63) is 28.8 Å². The standard InChI is InChI=1S/C15H25ClN2/c1-5-7-12(3)18(4)15-10-14(16)9-8-13(15)11-17-6-2/h8-10,12,17H,5-7,11H2,1-4H3. The smallest absolute Gasteiger partial charge is 0.0426 e. The molecule has 1 rings (SSSR count). The van der Waals surface area contributed by atoms with E-state index in [1.54, 1.807) is 0 Å². The van der Waals surface area contributed by atoms with Gasteiger partial charge in [0.25, 0.3) is 0 Å². The van der Waals surface area contributed by atoms with Crippen LogP contribution in [0.15, 0.2) is 18.2 Å². The molecule has 0 radical (unpaired) electrons. The van der Waals surface area contributed by atoms with Crippen molar-refractivity contribution in [2.45, 2.75) is 46.2 Å². The molecule has 0 heterocycles. The van der Waals surface area contributed by atoms with Gasteiger partial charge in [0, 0.05) is 30.3 Å². The fourth-order valence-corrected chi connectivity index (χ4v) is 2.29. The first kappa shape index (κ1) is 15.3. The Balaban J connectivity index is 2.92. The Morgan fingerprint density at radius 1 is 1.33 bits per heavy atom. The molecule has 0 aliphatic rings. The van der Waals surface area contributed by atoms with Crippen LogP contribution in [0.2, 0.25) is 5.02 Å². The van der Waals surface area contributed by atoms with Gasteiger partial charge in [0.05, 0.1) is 0 Å². The minimum atomic E-state index is 0.536. The highest BCUT2D eigenvalue weighted by molar-refractivity contribution is 6.30. The molecule has 0 spiro atoms. The molecule has 1 aromatic rings. The maximum Gasteiger partial charge on any atom is 0.0426 e. The van der Waals surface area contributed by atoms with E-state index in [0.717, 1.165) is 18.1 Å². The van der Waals surface area contributed by atoms with Gasteiger partial charge in [-0.2, -0.15) is 0 Å². The average molecular weight is 269 g/mol. The Morgan fingerprint density at radius 3 is 2.67 bits per heavy atom. The molecular weight excluding hydrogens is 244 g/mol. The van der Waals surface area contributed by atoms with Crippen molar-refractivity contribution in [3.63, 3.8) is 0 Å². The van der Waals surface area contributed by atoms with Gasteiger partial charge in [0.2, 0.25) is 0 Å². The van der Waals surface area contributed by atoms with Gasteiger partial charge in [-0.3, -0.25) is 0 Å². The van der Waals surface area contributed by atoms with Crippen LogP contribution in [0.3, 0.4) is 0 Å². The van der Waals surface area contributed by atoms with Crippen molar-refractivity contribution in [3.8, 4) is 0 Å². The van der Waals surface area contributed by atoms with Crippen LogP contribution in [0.5, 0.6) is 0 Å². The van der Waals surface area contributed by atoms with Crippen molar-refractivity contribution >= 4 is 17.3 Å². The molecule has 0 amide bonds. The first-order valence-electron chi connectivity index (χ1n) is 6.82. The molecule has 1 unspecified atom stereocenters. The Kier molecular flexibility index (Phi) is 6.51. The molecule has 0 fully saturated rings. The van der Waals surface area contributed by atoms with Gasteiger partial charge in [-0.1, -0.05) is 37.9 Å². The monoisotopic (exact) mass is 268 g/mol. The van der Waals surface area contributed by atoms with Crippen LogP contribution >= 0.6 is 11.6 Å². The zero-order valence-corrected chi connectivity index (χ0v) is 12.7. The average Bonchev–Trinajstić information content (AvgIpc) is 2.36. The highest BCUT2D eigenvalue weighted by atomic mass is 35.5. The third kappa shape index (κ3) is 4.18. The lowest BCUT2D eigenvalue weighted by molar-refractivity contribution is 0.612. The van der Waals surface area contributed by atoms with Gasteiger partial charge < -0.3 is 10.2 Å². The number of benzene rings is 1. The third-order valence-electron chi connectivity index (χ3n) is 3.36. The molecule has 0 bridgehead atoms. The molecule has 1 N–H and O–H groups in total. The van der Waals surface area contributed by atoms with Crippen LogP contribution in [0.1, 0.15) is 39.2 Å². The van der Waals surface area contributed by atoms with E-state index in [2.05, 4.69) is 50.2 Å². The van der Waals surface area contributed by atoms with Gasteiger partial charge in [0.1, 0.15) is 0 Å². The van der Waals surface area contributed by atoms with Crippen LogP contribution < -0.4 is 10.2 Å². The topological polar surface area (TPSA) is 15.3 Å². The predicted molar refractivity (Wildman–Crippen MR) is 81.6 cm³/mol. The van der Waals surface area contributed by atoms with E-state index in [0.29, 0.717) is 6.04 Å². The molecule has 1 atom stereocenters. The Bertz CT molecular complexity index is 366. The number of hydrogen-bond acceptors (Lipinski definition) is 2. The Morgan fingerprint density at radius 2 is 2.06 bits per heavy atom. The summed E-state index contributed by atoms with van der Waals surface area (Å²) < 4.78 is 0. The molecule has 0 aliphatic heterocycles. The molecule has 3 heteroatoms. The summed E-state index contributed by atoms with van der Waals surface area (Å²) in [6.45, 7) is 8.49. The fraction of sp³-hybridized carbons (Fsp3) is 0.600. The van der Waals surface area contributed by atoms with Gasteiger partial charge in [-0.05, 0) is 37.6 Å².